The highest BCUT2D eigenvalue weighted by Gasteiger charge is 2.33. The lowest BCUT2D eigenvalue weighted by atomic mass is 10.1. The Morgan fingerprint density at radius 1 is 1.35 bits per heavy atom. The van der Waals surface area contributed by atoms with Crippen molar-refractivity contribution < 1.29 is 14.9 Å². The molecule has 1 aliphatic carbocycles. The van der Waals surface area contributed by atoms with E-state index in [1.807, 2.05) is 10.6 Å². The summed E-state index contributed by atoms with van der Waals surface area (Å²) in [6.45, 7) is 3.45. The van der Waals surface area contributed by atoms with Crippen LogP contribution in [0.1, 0.15) is 55.0 Å². The summed E-state index contributed by atoms with van der Waals surface area (Å²) in [6, 6.07) is 5.23. The van der Waals surface area contributed by atoms with Gasteiger partial charge in [0.25, 0.3) is 0 Å². The molecule has 8 nitrogen and oxygen atoms in total. The lowest BCUT2D eigenvalue weighted by Crippen LogP contribution is -2.27. The van der Waals surface area contributed by atoms with E-state index in [1.54, 1.807) is 60.6 Å². The zero-order chi connectivity index (χ0) is 21.8. The second-order valence-corrected chi connectivity index (χ2v) is 9.90. The van der Waals surface area contributed by atoms with E-state index >= 15 is 0 Å². The number of thiazole rings is 1. The van der Waals surface area contributed by atoms with Gasteiger partial charge in [0.05, 0.1) is 34.4 Å². The number of aliphatic hydroxyl groups excluding tert-OH is 1. The van der Waals surface area contributed by atoms with Gasteiger partial charge < -0.3 is 14.9 Å². The predicted molar refractivity (Wildman–Crippen MR) is 117 cm³/mol. The van der Waals surface area contributed by atoms with Crippen molar-refractivity contribution >= 4 is 27.8 Å². The molecule has 1 atom stereocenters. The quantitative estimate of drug-likeness (QED) is 0.437. The van der Waals surface area contributed by atoms with E-state index in [9.17, 15) is 10.2 Å². The molecule has 4 aromatic rings. The Bertz CT molecular complexity index is 1240. The molecular formula is C21H22ClN5O3S. The summed E-state index contributed by atoms with van der Waals surface area (Å²) >= 11 is 8.02. The molecule has 0 saturated heterocycles. The van der Waals surface area contributed by atoms with Crippen LogP contribution in [0.4, 0.5) is 0 Å². The van der Waals surface area contributed by atoms with Gasteiger partial charge in [0.2, 0.25) is 0 Å². The number of imidazole rings is 1. The zero-order valence-electron chi connectivity index (χ0n) is 17.1. The molecule has 0 unspecified atom stereocenters. The third-order valence-corrected chi connectivity index (χ3v) is 6.66. The lowest BCUT2D eigenvalue weighted by Gasteiger charge is -2.18. The Morgan fingerprint density at radius 2 is 2.16 bits per heavy atom. The molecule has 10 heteroatoms. The van der Waals surface area contributed by atoms with Crippen LogP contribution < -0.4 is 4.74 Å². The van der Waals surface area contributed by atoms with Crippen molar-refractivity contribution in [2.75, 3.05) is 6.61 Å². The molecule has 0 radical (unpaired) electrons. The Morgan fingerprint density at radius 3 is 2.87 bits per heavy atom. The SMILES string of the molecule is CC(C)(O)COc1ccc(-n2cc([C@H](O)c3c(C4CC4)sc4cncn34)nn2)cc1Cl. The van der Waals surface area contributed by atoms with Gasteiger partial charge in [-0.3, -0.25) is 4.40 Å². The molecule has 1 fully saturated rings. The average Bonchev–Trinajstić information content (AvgIpc) is 3.13. The monoisotopic (exact) mass is 459 g/mol. The number of aromatic nitrogens is 5. The normalized spacial score (nSPS) is 15.5. The number of hydrogen-bond donors (Lipinski definition) is 2. The van der Waals surface area contributed by atoms with Crippen LogP contribution in [0.25, 0.3) is 10.5 Å². The number of rotatable bonds is 7. The van der Waals surface area contributed by atoms with Gasteiger partial charge in [-0.25, -0.2) is 9.67 Å². The highest BCUT2D eigenvalue weighted by molar-refractivity contribution is 7.17. The number of hydrogen-bond acceptors (Lipinski definition) is 7. The van der Waals surface area contributed by atoms with Gasteiger partial charge in [-0.2, -0.15) is 0 Å². The first-order valence-electron chi connectivity index (χ1n) is 10.0. The summed E-state index contributed by atoms with van der Waals surface area (Å²) < 4.78 is 9.09. The molecule has 1 saturated carbocycles. The molecule has 1 aromatic carbocycles. The summed E-state index contributed by atoms with van der Waals surface area (Å²) in [7, 11) is 0. The highest BCUT2D eigenvalue weighted by Crippen LogP contribution is 2.47. The smallest absolute Gasteiger partial charge is 0.141 e. The summed E-state index contributed by atoms with van der Waals surface area (Å²) in [5.74, 6) is 0.975. The molecule has 0 spiro atoms. The van der Waals surface area contributed by atoms with Crippen LogP contribution in [0.2, 0.25) is 5.02 Å². The largest absolute Gasteiger partial charge is 0.489 e. The van der Waals surface area contributed by atoms with Crippen molar-refractivity contribution in [3.63, 3.8) is 0 Å². The first-order valence-corrected chi connectivity index (χ1v) is 11.2. The molecule has 0 bridgehead atoms. The average molecular weight is 460 g/mol. The Kier molecular flexibility index (Phi) is 5.01. The second-order valence-electron chi connectivity index (χ2n) is 8.43. The fourth-order valence-electron chi connectivity index (χ4n) is 3.40. The van der Waals surface area contributed by atoms with Crippen LogP contribution in [0.5, 0.6) is 5.75 Å². The number of halogens is 1. The molecule has 2 N–H and O–H groups in total. The van der Waals surface area contributed by atoms with Crippen molar-refractivity contribution in [3.8, 4) is 11.4 Å². The van der Waals surface area contributed by atoms with Crippen LogP contribution in [0.3, 0.4) is 0 Å². The van der Waals surface area contributed by atoms with E-state index in [0.29, 0.717) is 28.1 Å². The molecule has 5 rings (SSSR count). The number of benzene rings is 1. The number of nitrogens with zero attached hydrogens (tertiary/aromatic N) is 5. The Hall–Kier alpha value is -2.46. The maximum absolute atomic E-state index is 11.1. The molecule has 162 valence electrons. The predicted octanol–water partition coefficient (Wildman–Crippen LogP) is 3.74. The van der Waals surface area contributed by atoms with Crippen LogP contribution >= 0.6 is 22.9 Å². The van der Waals surface area contributed by atoms with E-state index in [2.05, 4.69) is 15.3 Å². The van der Waals surface area contributed by atoms with Crippen molar-refractivity contribution in [1.29, 1.82) is 0 Å². The van der Waals surface area contributed by atoms with E-state index in [0.717, 1.165) is 23.4 Å². The highest BCUT2D eigenvalue weighted by atomic mass is 35.5. The molecule has 3 heterocycles. The molecule has 3 aromatic heterocycles. The summed E-state index contributed by atoms with van der Waals surface area (Å²) in [6.07, 6.45) is 6.62. The maximum Gasteiger partial charge on any atom is 0.141 e. The Labute approximate surface area is 187 Å². The maximum atomic E-state index is 11.1. The first kappa shape index (κ1) is 20.4. The van der Waals surface area contributed by atoms with Crippen LogP contribution in [0, 0.1) is 0 Å². The van der Waals surface area contributed by atoms with Crippen molar-refractivity contribution in [3.05, 3.63) is 58.2 Å². The van der Waals surface area contributed by atoms with Gasteiger partial charge >= 0.3 is 0 Å². The van der Waals surface area contributed by atoms with Gasteiger partial charge in [0.15, 0.2) is 0 Å². The van der Waals surface area contributed by atoms with Crippen LogP contribution in [0.15, 0.2) is 36.9 Å². The van der Waals surface area contributed by atoms with Gasteiger partial charge in [-0.05, 0) is 50.8 Å². The number of fused-ring (bicyclic) bond motifs is 1. The minimum Gasteiger partial charge on any atom is -0.489 e. The van der Waals surface area contributed by atoms with E-state index in [4.69, 9.17) is 16.3 Å². The minimum atomic E-state index is -0.958. The minimum absolute atomic E-state index is 0.123. The van der Waals surface area contributed by atoms with Gasteiger partial charge in [-0.15, -0.1) is 16.4 Å². The van der Waals surface area contributed by atoms with E-state index in [-0.39, 0.29) is 6.61 Å². The topological polar surface area (TPSA) is 97.7 Å². The number of aliphatic hydroxyl groups is 2. The lowest BCUT2D eigenvalue weighted by molar-refractivity contribution is 0.0285. The van der Waals surface area contributed by atoms with Gasteiger partial charge in [0.1, 0.15) is 35.3 Å². The van der Waals surface area contributed by atoms with Gasteiger partial charge in [0, 0.05) is 4.88 Å². The van der Waals surface area contributed by atoms with Gasteiger partial charge in [-0.1, -0.05) is 16.8 Å². The number of ether oxygens (including phenoxy) is 1. The Balaban J connectivity index is 1.41. The van der Waals surface area contributed by atoms with E-state index in [1.165, 1.54) is 4.88 Å². The molecular weight excluding hydrogens is 438 g/mol. The molecule has 0 amide bonds. The zero-order valence-corrected chi connectivity index (χ0v) is 18.6. The summed E-state index contributed by atoms with van der Waals surface area (Å²) in [5, 5.41) is 29.7. The summed E-state index contributed by atoms with van der Waals surface area (Å²) in [5.41, 5.74) is 1.00. The molecule has 31 heavy (non-hydrogen) atoms. The molecule has 1 aliphatic rings. The van der Waals surface area contributed by atoms with Crippen LogP contribution in [-0.2, 0) is 0 Å². The summed E-state index contributed by atoms with van der Waals surface area (Å²) in [4.78, 5) is 6.40. The van der Waals surface area contributed by atoms with Crippen molar-refractivity contribution in [2.24, 2.45) is 0 Å². The van der Waals surface area contributed by atoms with Crippen molar-refractivity contribution in [2.45, 2.75) is 44.3 Å². The fourth-order valence-corrected chi connectivity index (χ4v) is 4.93. The standard InChI is InChI=1S/C21H22ClN5O3S/c1-21(2,29)10-30-16-6-5-13(7-14(16)22)27-9-15(24-25-27)19(28)18-20(12-3-4-12)31-17-8-23-11-26(17)18/h5-9,11-12,19,28-29H,3-4,10H2,1-2H3/t19-/m0/s1. The second kappa shape index (κ2) is 7.59. The third-order valence-electron chi connectivity index (χ3n) is 5.09. The fraction of sp³-hybridized carbons (Fsp3) is 0.381. The third kappa shape index (κ3) is 4.06. The first-order chi connectivity index (χ1) is 14.8. The van der Waals surface area contributed by atoms with E-state index < -0.39 is 11.7 Å². The van der Waals surface area contributed by atoms with Crippen LogP contribution in [-0.4, -0.2) is 46.8 Å². The van der Waals surface area contributed by atoms with Crippen molar-refractivity contribution in [1.82, 2.24) is 24.4 Å². The molecule has 0 aliphatic heterocycles.